The van der Waals surface area contributed by atoms with Crippen LogP contribution in [0.3, 0.4) is 0 Å². The first-order chi connectivity index (χ1) is 10.3. The third-order valence-corrected chi connectivity index (χ3v) is 4.67. The normalized spacial score (nSPS) is 21.3. The monoisotopic (exact) mass is 281 g/mol. The summed E-state index contributed by atoms with van der Waals surface area (Å²) in [6.45, 7) is 0.753. The van der Waals surface area contributed by atoms with Crippen molar-refractivity contribution in [1.29, 1.82) is 0 Å². The van der Waals surface area contributed by atoms with Gasteiger partial charge in [-0.1, -0.05) is 12.1 Å². The van der Waals surface area contributed by atoms with Crippen molar-refractivity contribution in [2.75, 3.05) is 6.61 Å². The molecule has 21 heavy (non-hydrogen) atoms. The van der Waals surface area contributed by atoms with Crippen LogP contribution in [0, 0.1) is 0 Å². The molecule has 0 radical (unpaired) electrons. The highest BCUT2D eigenvalue weighted by molar-refractivity contribution is 5.41. The fourth-order valence-electron chi connectivity index (χ4n) is 3.58. The van der Waals surface area contributed by atoms with E-state index in [4.69, 9.17) is 4.74 Å². The van der Waals surface area contributed by atoms with Gasteiger partial charge in [-0.25, -0.2) is 0 Å². The minimum Gasteiger partial charge on any atom is -0.493 e. The number of benzene rings is 1. The Kier molecular flexibility index (Phi) is 3.15. The van der Waals surface area contributed by atoms with Gasteiger partial charge >= 0.3 is 0 Å². The summed E-state index contributed by atoms with van der Waals surface area (Å²) in [5, 5.41) is 10.8. The zero-order chi connectivity index (χ0) is 14.2. The summed E-state index contributed by atoms with van der Waals surface area (Å²) in [4.78, 5) is 4.54. The third-order valence-electron chi connectivity index (χ3n) is 4.67. The van der Waals surface area contributed by atoms with Crippen LogP contribution in [0.2, 0.25) is 0 Å². The Balaban J connectivity index is 1.68. The molecule has 2 heterocycles. The maximum Gasteiger partial charge on any atom is 0.122 e. The van der Waals surface area contributed by atoms with Crippen LogP contribution in [-0.2, 0) is 12.8 Å². The van der Waals surface area contributed by atoms with Crippen molar-refractivity contribution >= 4 is 0 Å². The number of ether oxygens (including phenoxy) is 1. The molecule has 2 aliphatic rings. The molecule has 0 saturated carbocycles. The zero-order valence-electron chi connectivity index (χ0n) is 12.0. The topological polar surface area (TPSA) is 42.4 Å². The van der Waals surface area contributed by atoms with Crippen molar-refractivity contribution in [1.82, 2.24) is 4.98 Å². The molecule has 1 N–H and O–H groups in total. The Bertz CT molecular complexity index is 668. The lowest BCUT2D eigenvalue weighted by atomic mass is 9.81. The maximum absolute atomic E-state index is 10.8. The van der Waals surface area contributed by atoms with Crippen molar-refractivity contribution in [3.63, 3.8) is 0 Å². The van der Waals surface area contributed by atoms with Crippen molar-refractivity contribution in [2.45, 2.75) is 37.7 Å². The van der Waals surface area contributed by atoms with Crippen LogP contribution < -0.4 is 4.74 Å². The molecule has 0 saturated heterocycles. The first kappa shape index (κ1) is 12.8. The minimum atomic E-state index is -0.482. The van der Waals surface area contributed by atoms with Gasteiger partial charge in [0.25, 0.3) is 0 Å². The van der Waals surface area contributed by atoms with Gasteiger partial charge in [-0.3, -0.25) is 4.98 Å². The number of rotatable bonds is 2. The maximum atomic E-state index is 10.8. The molecule has 108 valence electrons. The van der Waals surface area contributed by atoms with Crippen LogP contribution in [0.15, 0.2) is 36.5 Å². The van der Waals surface area contributed by atoms with Crippen LogP contribution in [0.4, 0.5) is 0 Å². The molecule has 0 fully saturated rings. The highest BCUT2D eigenvalue weighted by Gasteiger charge is 2.29. The van der Waals surface area contributed by atoms with E-state index in [1.165, 1.54) is 11.1 Å². The summed E-state index contributed by atoms with van der Waals surface area (Å²) in [5.41, 5.74) is 4.57. The predicted molar refractivity (Wildman–Crippen MR) is 80.5 cm³/mol. The Morgan fingerprint density at radius 1 is 1.19 bits per heavy atom. The molecule has 2 aromatic rings. The second-order valence-electron chi connectivity index (χ2n) is 5.96. The van der Waals surface area contributed by atoms with Gasteiger partial charge in [-0.2, -0.15) is 0 Å². The second-order valence-corrected chi connectivity index (χ2v) is 5.96. The van der Waals surface area contributed by atoms with Gasteiger partial charge in [0.15, 0.2) is 0 Å². The molecular formula is C18H19NO2. The van der Waals surface area contributed by atoms with E-state index in [9.17, 15) is 5.11 Å². The SMILES string of the molecule is OC(c1ccc2c(c1)CCO2)C1CCCc2cccnc21. The van der Waals surface area contributed by atoms with Crippen molar-refractivity contribution in [3.05, 3.63) is 58.9 Å². The zero-order valence-corrected chi connectivity index (χ0v) is 12.0. The second kappa shape index (κ2) is 5.15. The molecule has 0 bridgehead atoms. The van der Waals surface area contributed by atoms with Crippen LogP contribution >= 0.6 is 0 Å². The van der Waals surface area contributed by atoms with Crippen molar-refractivity contribution in [2.24, 2.45) is 0 Å². The molecule has 0 amide bonds. The van der Waals surface area contributed by atoms with Crippen LogP contribution in [-0.4, -0.2) is 16.7 Å². The van der Waals surface area contributed by atoms with Crippen molar-refractivity contribution in [3.8, 4) is 5.75 Å². The van der Waals surface area contributed by atoms with Gasteiger partial charge in [0.2, 0.25) is 0 Å². The standard InChI is InChI=1S/C18H19NO2/c20-18(14-6-7-16-13(11-14)8-10-21-16)15-5-1-3-12-4-2-9-19-17(12)15/h2,4,6-7,9,11,15,18,20H,1,3,5,8,10H2. The number of aryl methyl sites for hydroxylation is 1. The predicted octanol–water partition coefficient (Wildman–Crippen LogP) is 3.17. The summed E-state index contributed by atoms with van der Waals surface area (Å²) in [5.74, 6) is 1.07. The van der Waals surface area contributed by atoms with E-state index >= 15 is 0 Å². The fourth-order valence-corrected chi connectivity index (χ4v) is 3.58. The summed E-state index contributed by atoms with van der Waals surface area (Å²) in [6.07, 6.45) is 5.48. The van der Waals surface area contributed by atoms with E-state index < -0.39 is 6.10 Å². The van der Waals surface area contributed by atoms with Crippen LogP contribution in [0.25, 0.3) is 0 Å². The lowest BCUT2D eigenvalue weighted by molar-refractivity contribution is 0.134. The van der Waals surface area contributed by atoms with Crippen LogP contribution in [0.1, 0.15) is 47.2 Å². The third kappa shape index (κ3) is 2.22. The number of hydrogen-bond acceptors (Lipinski definition) is 3. The highest BCUT2D eigenvalue weighted by Crippen LogP contribution is 2.40. The van der Waals surface area contributed by atoms with E-state index in [0.717, 1.165) is 49.3 Å². The van der Waals surface area contributed by atoms with Gasteiger partial charge in [-0.15, -0.1) is 0 Å². The van der Waals surface area contributed by atoms with Gasteiger partial charge in [-0.05, 0) is 54.2 Å². The van der Waals surface area contributed by atoms with E-state index in [1.54, 1.807) is 0 Å². The van der Waals surface area contributed by atoms with Crippen molar-refractivity contribution < 1.29 is 9.84 Å². The molecule has 2 unspecified atom stereocenters. The average molecular weight is 281 g/mol. The molecule has 3 heteroatoms. The number of nitrogens with zero attached hydrogens (tertiary/aromatic N) is 1. The number of aromatic nitrogens is 1. The Labute approximate surface area is 124 Å². The smallest absolute Gasteiger partial charge is 0.122 e. The lowest BCUT2D eigenvalue weighted by Crippen LogP contribution is -2.18. The fraction of sp³-hybridized carbons (Fsp3) is 0.389. The van der Waals surface area contributed by atoms with Gasteiger partial charge in [0, 0.05) is 24.2 Å². The first-order valence-electron chi connectivity index (χ1n) is 7.70. The largest absolute Gasteiger partial charge is 0.493 e. The Morgan fingerprint density at radius 3 is 3.10 bits per heavy atom. The van der Waals surface area contributed by atoms with E-state index in [1.807, 2.05) is 24.4 Å². The molecule has 1 aromatic heterocycles. The van der Waals surface area contributed by atoms with E-state index in [0.29, 0.717) is 0 Å². The summed E-state index contributed by atoms with van der Waals surface area (Å²) in [7, 11) is 0. The molecule has 1 aromatic carbocycles. The first-order valence-corrected chi connectivity index (χ1v) is 7.70. The molecule has 1 aliphatic carbocycles. The molecule has 0 spiro atoms. The molecule has 3 nitrogen and oxygen atoms in total. The Hall–Kier alpha value is -1.87. The van der Waals surface area contributed by atoms with Gasteiger partial charge in [0.1, 0.15) is 5.75 Å². The molecule has 2 atom stereocenters. The Morgan fingerprint density at radius 2 is 2.14 bits per heavy atom. The van der Waals surface area contributed by atoms with Crippen LogP contribution in [0.5, 0.6) is 5.75 Å². The van der Waals surface area contributed by atoms with E-state index in [-0.39, 0.29) is 5.92 Å². The molecule has 4 rings (SSSR count). The average Bonchev–Trinajstić information content (AvgIpc) is 3.01. The molecule has 1 aliphatic heterocycles. The summed E-state index contributed by atoms with van der Waals surface area (Å²) in [6, 6.07) is 10.2. The van der Waals surface area contributed by atoms with Gasteiger partial charge < -0.3 is 9.84 Å². The van der Waals surface area contributed by atoms with Gasteiger partial charge in [0.05, 0.1) is 12.7 Å². The number of pyridine rings is 1. The minimum absolute atomic E-state index is 0.107. The lowest BCUT2D eigenvalue weighted by Gasteiger charge is -2.28. The quantitative estimate of drug-likeness (QED) is 0.919. The number of hydrogen-bond donors (Lipinski definition) is 1. The number of aliphatic hydroxyl groups excluding tert-OH is 1. The number of fused-ring (bicyclic) bond motifs is 2. The van der Waals surface area contributed by atoms with E-state index in [2.05, 4.69) is 17.1 Å². The highest BCUT2D eigenvalue weighted by atomic mass is 16.5. The number of aliphatic hydroxyl groups is 1. The molecular weight excluding hydrogens is 262 g/mol. The summed E-state index contributed by atoms with van der Waals surface area (Å²) < 4.78 is 5.54. The summed E-state index contributed by atoms with van der Waals surface area (Å²) >= 11 is 0.